The molecule has 0 aliphatic rings. The predicted octanol–water partition coefficient (Wildman–Crippen LogP) is 0.0868. The van der Waals surface area contributed by atoms with Crippen molar-refractivity contribution in [2.45, 2.75) is 13.3 Å². The molecule has 0 aromatic heterocycles. The summed E-state index contributed by atoms with van der Waals surface area (Å²) in [5.41, 5.74) is 0. The molecule has 1 N–H and O–H groups in total. The lowest BCUT2D eigenvalue weighted by Gasteiger charge is -2.33. The fourth-order valence-corrected chi connectivity index (χ4v) is 0.724. The highest BCUT2D eigenvalue weighted by Gasteiger charge is 2.00. The molecule has 0 fully saturated rings. The van der Waals surface area contributed by atoms with Crippen molar-refractivity contribution in [2.24, 2.45) is 0 Å². The highest BCUT2D eigenvalue weighted by molar-refractivity contribution is 5.72. The molecule has 0 aliphatic carbocycles. The van der Waals surface area contributed by atoms with Crippen LogP contribution in [0.1, 0.15) is 13.3 Å². The minimum absolute atomic E-state index is 0.0406. The van der Waals surface area contributed by atoms with Gasteiger partial charge in [-0.1, -0.05) is 0 Å². The van der Waals surface area contributed by atoms with Crippen LogP contribution in [0.3, 0.4) is 0 Å². The molecule has 0 saturated heterocycles. The zero-order valence-corrected chi connectivity index (χ0v) is 7.39. The summed E-state index contributed by atoms with van der Waals surface area (Å²) in [4.78, 5) is 10.4. The molecule has 0 spiro atoms. The molecule has 0 heterocycles. The van der Waals surface area contributed by atoms with Gasteiger partial charge in [-0.05, 0) is 0 Å². The highest BCUT2D eigenvalue weighted by Crippen LogP contribution is 1.93. The van der Waals surface area contributed by atoms with Crippen LogP contribution in [0.4, 0.5) is 0 Å². The second-order valence-corrected chi connectivity index (χ2v) is 3.13. The largest absolute Gasteiger partial charge is 0.633 e. The molecule has 4 nitrogen and oxygen atoms in total. The Labute approximate surface area is 67.4 Å². The summed E-state index contributed by atoms with van der Waals surface area (Å²) in [7, 11) is 3.18. The third kappa shape index (κ3) is 9.39. The molecule has 11 heavy (non-hydrogen) atoms. The van der Waals surface area contributed by atoms with E-state index in [-0.39, 0.29) is 10.6 Å². The Morgan fingerprint density at radius 2 is 2.09 bits per heavy atom. The number of rotatable bonds is 4. The first-order chi connectivity index (χ1) is 4.92. The Hall–Kier alpha value is -0.610. The maximum Gasteiger partial charge on any atom is 0.216 e. The van der Waals surface area contributed by atoms with E-state index in [1.807, 2.05) is 0 Å². The molecule has 0 radical (unpaired) electrons. The van der Waals surface area contributed by atoms with Gasteiger partial charge in [-0.15, -0.1) is 0 Å². The highest BCUT2D eigenvalue weighted by atomic mass is 16.5. The van der Waals surface area contributed by atoms with Crippen LogP contribution in [0.15, 0.2) is 0 Å². The number of hydrogen-bond donors (Lipinski definition) is 1. The second-order valence-electron chi connectivity index (χ2n) is 3.13. The van der Waals surface area contributed by atoms with Crippen LogP contribution < -0.4 is 5.32 Å². The van der Waals surface area contributed by atoms with E-state index < -0.39 is 0 Å². The van der Waals surface area contributed by atoms with Crippen LogP contribution >= 0.6 is 0 Å². The van der Waals surface area contributed by atoms with Crippen molar-refractivity contribution in [3.8, 4) is 0 Å². The van der Waals surface area contributed by atoms with E-state index in [1.165, 1.54) is 6.92 Å². The predicted molar refractivity (Wildman–Crippen MR) is 43.6 cm³/mol. The summed E-state index contributed by atoms with van der Waals surface area (Å²) in [5.74, 6) is -0.0406. The lowest BCUT2D eigenvalue weighted by atomic mass is 10.4. The average Bonchev–Trinajstić information content (AvgIpc) is 1.78. The number of amides is 1. The molecule has 0 aromatic rings. The first-order valence-electron chi connectivity index (χ1n) is 3.70. The van der Waals surface area contributed by atoms with E-state index in [9.17, 15) is 10.0 Å². The van der Waals surface area contributed by atoms with Crippen molar-refractivity contribution >= 4 is 5.91 Å². The third-order valence-electron chi connectivity index (χ3n) is 1.25. The van der Waals surface area contributed by atoms with Gasteiger partial charge >= 0.3 is 0 Å². The monoisotopic (exact) mass is 160 g/mol. The molecule has 66 valence electrons. The minimum atomic E-state index is -0.292. The second kappa shape index (κ2) is 4.31. The number of hydrogen-bond acceptors (Lipinski definition) is 2. The fraction of sp³-hybridized carbons (Fsp3) is 0.857. The number of carbonyl (C=O) groups excluding carboxylic acids is 1. The topological polar surface area (TPSA) is 52.2 Å². The molecule has 0 atom stereocenters. The maximum absolute atomic E-state index is 11.0. The Bertz CT molecular complexity index is 129. The number of quaternary nitrogens is 1. The van der Waals surface area contributed by atoms with Crippen LogP contribution in [0, 0.1) is 5.21 Å². The van der Waals surface area contributed by atoms with E-state index in [4.69, 9.17) is 0 Å². The first kappa shape index (κ1) is 10.4. The van der Waals surface area contributed by atoms with Crippen LogP contribution in [-0.4, -0.2) is 37.7 Å². The molecule has 0 bridgehead atoms. The van der Waals surface area contributed by atoms with E-state index in [2.05, 4.69) is 5.32 Å². The van der Waals surface area contributed by atoms with Crippen molar-refractivity contribution in [1.29, 1.82) is 0 Å². The van der Waals surface area contributed by atoms with Gasteiger partial charge in [-0.2, -0.15) is 0 Å². The molecular formula is C7H16N2O2. The summed E-state index contributed by atoms with van der Waals surface area (Å²) in [5, 5.41) is 13.6. The number of nitrogens with zero attached hydrogens (tertiary/aromatic N) is 1. The Balaban J connectivity index is 3.22. The summed E-state index contributed by atoms with van der Waals surface area (Å²) >= 11 is 0. The van der Waals surface area contributed by atoms with Crippen molar-refractivity contribution in [3.63, 3.8) is 0 Å². The van der Waals surface area contributed by atoms with Gasteiger partial charge in [0.05, 0.1) is 20.6 Å². The SMILES string of the molecule is CC(=O)NCCC[N+](C)(C)[O-]. The smallest absolute Gasteiger partial charge is 0.216 e. The van der Waals surface area contributed by atoms with Crippen molar-refractivity contribution < 1.29 is 9.44 Å². The van der Waals surface area contributed by atoms with Crippen LogP contribution in [0.25, 0.3) is 0 Å². The number of carbonyl (C=O) groups is 1. The number of hydroxylamine groups is 3. The first-order valence-corrected chi connectivity index (χ1v) is 3.70. The zero-order chi connectivity index (χ0) is 8.91. The summed E-state index contributed by atoms with van der Waals surface area (Å²) in [6.45, 7) is 2.61. The van der Waals surface area contributed by atoms with E-state index >= 15 is 0 Å². The molecule has 4 heteroatoms. The van der Waals surface area contributed by atoms with E-state index in [0.29, 0.717) is 13.1 Å². The van der Waals surface area contributed by atoms with Crippen LogP contribution in [-0.2, 0) is 4.79 Å². The molecule has 1 amide bonds. The Kier molecular flexibility index (Phi) is 4.07. The minimum Gasteiger partial charge on any atom is -0.633 e. The van der Waals surface area contributed by atoms with Gasteiger partial charge in [-0.25, -0.2) is 0 Å². The van der Waals surface area contributed by atoms with Crippen molar-refractivity contribution in [2.75, 3.05) is 27.2 Å². The van der Waals surface area contributed by atoms with Gasteiger partial charge in [0.2, 0.25) is 5.91 Å². The lowest BCUT2D eigenvalue weighted by molar-refractivity contribution is -0.840. The van der Waals surface area contributed by atoms with Gasteiger partial charge in [0.15, 0.2) is 0 Å². The summed E-state index contributed by atoms with van der Waals surface area (Å²) in [6.07, 6.45) is 0.732. The van der Waals surface area contributed by atoms with Gasteiger partial charge in [0, 0.05) is 19.9 Å². The molecule has 0 aliphatic heterocycles. The Morgan fingerprint density at radius 1 is 1.55 bits per heavy atom. The third-order valence-corrected chi connectivity index (χ3v) is 1.25. The van der Waals surface area contributed by atoms with Crippen molar-refractivity contribution in [3.05, 3.63) is 5.21 Å². The van der Waals surface area contributed by atoms with Gasteiger partial charge in [0.25, 0.3) is 0 Å². The fourth-order valence-electron chi connectivity index (χ4n) is 0.724. The molecule has 0 rings (SSSR count). The van der Waals surface area contributed by atoms with E-state index in [1.54, 1.807) is 14.1 Å². The molecule has 0 aromatic carbocycles. The maximum atomic E-state index is 11.0. The van der Waals surface area contributed by atoms with Gasteiger partial charge in [-0.3, -0.25) is 4.79 Å². The quantitative estimate of drug-likeness (QED) is 0.360. The normalized spacial score (nSPS) is 11.3. The summed E-state index contributed by atoms with van der Waals surface area (Å²) in [6, 6.07) is 0. The van der Waals surface area contributed by atoms with Crippen LogP contribution in [0.5, 0.6) is 0 Å². The van der Waals surface area contributed by atoms with Crippen molar-refractivity contribution in [1.82, 2.24) is 5.32 Å². The van der Waals surface area contributed by atoms with Gasteiger partial charge in [0.1, 0.15) is 0 Å². The standard InChI is InChI=1S/C7H16N2O2/c1-7(10)8-5-4-6-9(2,3)11/h4-6H2,1-3H3,(H,8,10). The average molecular weight is 160 g/mol. The molecular weight excluding hydrogens is 144 g/mol. The lowest BCUT2D eigenvalue weighted by Crippen LogP contribution is -2.35. The molecule has 0 saturated carbocycles. The van der Waals surface area contributed by atoms with Crippen LogP contribution in [0.2, 0.25) is 0 Å². The van der Waals surface area contributed by atoms with E-state index in [0.717, 1.165) is 6.42 Å². The summed E-state index contributed by atoms with van der Waals surface area (Å²) < 4.78 is -0.292. The number of nitrogens with one attached hydrogen (secondary N) is 1. The zero-order valence-electron chi connectivity index (χ0n) is 7.39. The Morgan fingerprint density at radius 3 is 2.45 bits per heavy atom. The molecule has 0 unspecified atom stereocenters. The van der Waals surface area contributed by atoms with Gasteiger partial charge < -0.3 is 15.2 Å².